The summed E-state index contributed by atoms with van der Waals surface area (Å²) in [6, 6.07) is 0. The molecule has 108 valence electrons. The third-order valence-corrected chi connectivity index (χ3v) is 5.98. The summed E-state index contributed by atoms with van der Waals surface area (Å²) in [7, 11) is -1.04. The van der Waals surface area contributed by atoms with Crippen LogP contribution in [0.1, 0.15) is 12.8 Å². The third-order valence-electron chi connectivity index (χ3n) is 4.01. The summed E-state index contributed by atoms with van der Waals surface area (Å²) < 4.78 is 38.7. The van der Waals surface area contributed by atoms with Crippen molar-refractivity contribution in [2.75, 3.05) is 27.4 Å². The van der Waals surface area contributed by atoms with Gasteiger partial charge in [-0.2, -0.15) is 0 Å². The van der Waals surface area contributed by atoms with E-state index in [9.17, 15) is 9.36 Å². The van der Waals surface area contributed by atoms with Crippen molar-refractivity contribution in [2.24, 2.45) is 5.92 Å². The maximum atomic E-state index is 12.3. The van der Waals surface area contributed by atoms with Crippen molar-refractivity contribution in [1.29, 1.82) is 0 Å². The fourth-order valence-corrected chi connectivity index (χ4v) is 4.41. The zero-order chi connectivity index (χ0) is 13.7. The van der Waals surface area contributed by atoms with Crippen LogP contribution in [0, 0.1) is 5.92 Å². The van der Waals surface area contributed by atoms with E-state index in [1.54, 1.807) is 0 Å². The number of fused-ring (bicyclic) bond motifs is 1. The first-order valence-electron chi connectivity index (χ1n) is 6.22. The molecule has 0 aromatic heterocycles. The molecular formula is C11H17O7P. The largest absolute Gasteiger partial charge is 0.366 e. The number of hydrogen-bond donors (Lipinski definition) is 0. The Kier molecular flexibility index (Phi) is 3.32. The maximum Gasteiger partial charge on any atom is 0.366 e. The Morgan fingerprint density at radius 2 is 1.84 bits per heavy atom. The molecule has 0 bridgehead atoms. The number of ketones is 1. The standard InChI is InChI=1S/C11H17O7P/c1-14-19(13,15-2)10-9(12)7-5-11(6-8(7)18-10)16-3-4-17-11/h7-8,10H,3-6H2,1-2H3/t7-,8+,10?/m0/s1. The van der Waals surface area contributed by atoms with E-state index in [0.717, 1.165) is 0 Å². The molecule has 1 spiro atoms. The number of Topliss-reactive ketones (excluding diaryl/α,β-unsaturated/α-hetero) is 1. The first-order chi connectivity index (χ1) is 9.03. The van der Waals surface area contributed by atoms with Crippen molar-refractivity contribution in [3.8, 4) is 0 Å². The molecule has 0 N–H and O–H groups in total. The van der Waals surface area contributed by atoms with Crippen molar-refractivity contribution in [1.82, 2.24) is 0 Å². The zero-order valence-electron chi connectivity index (χ0n) is 10.9. The molecule has 1 saturated carbocycles. The lowest BCUT2D eigenvalue weighted by Crippen LogP contribution is -2.31. The van der Waals surface area contributed by atoms with E-state index in [0.29, 0.717) is 26.1 Å². The minimum atomic E-state index is -3.54. The van der Waals surface area contributed by atoms with E-state index in [1.165, 1.54) is 14.2 Å². The average Bonchev–Trinajstić information content (AvgIpc) is 3.09. The lowest BCUT2D eigenvalue weighted by molar-refractivity contribution is -0.163. The van der Waals surface area contributed by atoms with Crippen LogP contribution in [0.2, 0.25) is 0 Å². The van der Waals surface area contributed by atoms with Crippen LogP contribution >= 0.6 is 7.60 Å². The molecule has 3 aliphatic rings. The smallest absolute Gasteiger partial charge is 0.354 e. The van der Waals surface area contributed by atoms with Gasteiger partial charge in [0, 0.05) is 27.1 Å². The maximum absolute atomic E-state index is 12.3. The number of hydrogen-bond acceptors (Lipinski definition) is 7. The first kappa shape index (κ1) is 13.7. The SMILES string of the molecule is COP(=O)(OC)C1O[C@@H]2CC3(C[C@@H]2C1=O)OCCO3. The fourth-order valence-electron chi connectivity index (χ4n) is 3.07. The van der Waals surface area contributed by atoms with Gasteiger partial charge in [0.05, 0.1) is 25.2 Å². The van der Waals surface area contributed by atoms with Gasteiger partial charge in [-0.3, -0.25) is 9.36 Å². The summed E-state index contributed by atoms with van der Waals surface area (Å²) in [5.41, 5.74) is 0. The summed E-state index contributed by atoms with van der Waals surface area (Å²) in [5.74, 6) is -2.42. The Hall–Kier alpha value is -0.300. The summed E-state index contributed by atoms with van der Waals surface area (Å²) in [5, 5.41) is 0. The van der Waals surface area contributed by atoms with Crippen molar-refractivity contribution < 1.29 is 32.6 Å². The van der Waals surface area contributed by atoms with E-state index in [4.69, 9.17) is 23.3 Å². The van der Waals surface area contributed by atoms with Crippen molar-refractivity contribution in [2.45, 2.75) is 30.6 Å². The van der Waals surface area contributed by atoms with Gasteiger partial charge in [-0.15, -0.1) is 0 Å². The quantitative estimate of drug-likeness (QED) is 0.715. The molecule has 0 aromatic rings. The molecule has 0 amide bonds. The molecule has 0 aromatic carbocycles. The molecule has 3 atom stereocenters. The minimum Gasteiger partial charge on any atom is -0.354 e. The molecule has 2 saturated heterocycles. The molecule has 3 rings (SSSR count). The van der Waals surface area contributed by atoms with Gasteiger partial charge in [0.25, 0.3) is 0 Å². The van der Waals surface area contributed by atoms with Crippen molar-refractivity contribution in [3.63, 3.8) is 0 Å². The predicted molar refractivity (Wildman–Crippen MR) is 62.7 cm³/mol. The van der Waals surface area contributed by atoms with Crippen LogP contribution in [0.5, 0.6) is 0 Å². The molecule has 2 aliphatic heterocycles. The second kappa shape index (κ2) is 4.62. The summed E-state index contributed by atoms with van der Waals surface area (Å²) in [4.78, 5) is 12.3. The third kappa shape index (κ3) is 2.00. The number of ether oxygens (including phenoxy) is 3. The lowest BCUT2D eigenvalue weighted by Gasteiger charge is -2.24. The highest BCUT2D eigenvalue weighted by Crippen LogP contribution is 2.59. The van der Waals surface area contributed by atoms with E-state index in [-0.39, 0.29) is 17.8 Å². The van der Waals surface area contributed by atoms with Gasteiger partial charge < -0.3 is 23.3 Å². The highest BCUT2D eigenvalue weighted by Gasteiger charge is 2.61. The average molecular weight is 292 g/mol. The highest BCUT2D eigenvalue weighted by atomic mass is 31.2. The topological polar surface area (TPSA) is 80.3 Å². The zero-order valence-corrected chi connectivity index (χ0v) is 11.8. The molecular weight excluding hydrogens is 275 g/mol. The Morgan fingerprint density at radius 1 is 1.21 bits per heavy atom. The number of carbonyl (C=O) groups is 1. The van der Waals surface area contributed by atoms with Gasteiger partial charge >= 0.3 is 7.60 Å². The van der Waals surface area contributed by atoms with Gasteiger partial charge in [0.1, 0.15) is 0 Å². The van der Waals surface area contributed by atoms with E-state index >= 15 is 0 Å². The molecule has 8 heteroatoms. The normalized spacial score (nSPS) is 37.2. The van der Waals surface area contributed by atoms with Crippen molar-refractivity contribution in [3.05, 3.63) is 0 Å². The van der Waals surface area contributed by atoms with E-state index in [2.05, 4.69) is 0 Å². The second-order valence-corrected chi connectivity index (χ2v) is 7.24. The van der Waals surface area contributed by atoms with Crippen LogP contribution in [0.3, 0.4) is 0 Å². The lowest BCUT2D eigenvalue weighted by atomic mass is 10.0. The number of rotatable bonds is 3. The van der Waals surface area contributed by atoms with Gasteiger partial charge in [-0.25, -0.2) is 0 Å². The first-order valence-corrected chi connectivity index (χ1v) is 7.83. The van der Waals surface area contributed by atoms with Gasteiger partial charge in [-0.05, 0) is 0 Å². The molecule has 0 radical (unpaired) electrons. The van der Waals surface area contributed by atoms with E-state index < -0.39 is 19.2 Å². The molecule has 3 fully saturated rings. The predicted octanol–water partition coefficient (Wildman–Crippen LogP) is 0.919. The molecule has 19 heavy (non-hydrogen) atoms. The van der Waals surface area contributed by atoms with Gasteiger partial charge in [0.15, 0.2) is 11.6 Å². The van der Waals surface area contributed by atoms with Crippen LogP contribution < -0.4 is 0 Å². The molecule has 7 nitrogen and oxygen atoms in total. The van der Waals surface area contributed by atoms with Crippen LogP contribution in [-0.4, -0.2) is 51.0 Å². The van der Waals surface area contributed by atoms with Gasteiger partial charge in [-0.1, -0.05) is 0 Å². The Morgan fingerprint density at radius 3 is 2.37 bits per heavy atom. The van der Waals surface area contributed by atoms with Crippen LogP contribution in [0.25, 0.3) is 0 Å². The van der Waals surface area contributed by atoms with Crippen LogP contribution in [0.15, 0.2) is 0 Å². The van der Waals surface area contributed by atoms with Crippen molar-refractivity contribution >= 4 is 13.4 Å². The summed E-state index contributed by atoms with van der Waals surface area (Å²) in [6.07, 6.45) is 0.586. The summed E-state index contributed by atoms with van der Waals surface area (Å²) in [6.45, 7) is 1.07. The van der Waals surface area contributed by atoms with Gasteiger partial charge in [0.2, 0.25) is 5.85 Å². The summed E-state index contributed by atoms with van der Waals surface area (Å²) >= 11 is 0. The minimum absolute atomic E-state index is 0.243. The Labute approximate surface area is 111 Å². The van der Waals surface area contributed by atoms with Crippen LogP contribution in [-0.2, 0) is 32.6 Å². The monoisotopic (exact) mass is 292 g/mol. The fraction of sp³-hybridized carbons (Fsp3) is 0.909. The molecule has 1 aliphatic carbocycles. The molecule has 2 heterocycles. The molecule has 1 unspecified atom stereocenters. The van der Waals surface area contributed by atoms with E-state index in [1.807, 2.05) is 0 Å². The second-order valence-electron chi connectivity index (χ2n) is 4.96. The highest BCUT2D eigenvalue weighted by molar-refractivity contribution is 7.55. The number of carbonyl (C=O) groups excluding carboxylic acids is 1. The Balaban J connectivity index is 1.77. The Bertz CT molecular complexity index is 423. The van der Waals surface area contributed by atoms with Crippen LogP contribution in [0.4, 0.5) is 0 Å².